The van der Waals surface area contributed by atoms with Crippen molar-refractivity contribution in [3.63, 3.8) is 0 Å². The number of rotatable bonds is 7. The van der Waals surface area contributed by atoms with Gasteiger partial charge in [-0.25, -0.2) is 0 Å². The van der Waals surface area contributed by atoms with E-state index in [4.69, 9.17) is 4.74 Å². The average Bonchev–Trinajstić information content (AvgIpc) is 2.29. The maximum atomic E-state index is 5.20. The number of methoxy groups -OCH3 is 1. The van der Waals surface area contributed by atoms with E-state index in [0.717, 1.165) is 19.6 Å². The van der Waals surface area contributed by atoms with Crippen molar-refractivity contribution in [2.45, 2.75) is 26.3 Å². The molecule has 0 aliphatic heterocycles. The van der Waals surface area contributed by atoms with E-state index in [1.54, 1.807) is 7.11 Å². The van der Waals surface area contributed by atoms with Gasteiger partial charge in [-0.05, 0) is 36.6 Å². The number of hydrogen-bond donors (Lipinski definition) is 1. The van der Waals surface area contributed by atoms with Gasteiger partial charge in [0.2, 0.25) is 0 Å². The lowest BCUT2D eigenvalue weighted by Crippen LogP contribution is -2.38. The minimum atomic E-state index is 0.437. The molecule has 0 aliphatic carbocycles. The van der Waals surface area contributed by atoms with Gasteiger partial charge >= 0.3 is 0 Å². The van der Waals surface area contributed by atoms with Crippen LogP contribution in [0.3, 0.4) is 0 Å². The van der Waals surface area contributed by atoms with Crippen LogP contribution in [0.15, 0.2) is 24.5 Å². The molecular formula is C13H22N2O. The maximum absolute atomic E-state index is 5.20. The Kier molecular flexibility index (Phi) is 6.04. The Balaban J connectivity index is 2.28. The zero-order valence-electron chi connectivity index (χ0n) is 10.4. The third-order valence-electron chi connectivity index (χ3n) is 2.72. The zero-order chi connectivity index (χ0) is 11.8. The minimum Gasteiger partial charge on any atom is -0.383 e. The molecule has 0 fully saturated rings. The van der Waals surface area contributed by atoms with E-state index in [0.29, 0.717) is 12.0 Å². The van der Waals surface area contributed by atoms with Crippen molar-refractivity contribution in [1.82, 2.24) is 10.3 Å². The number of ether oxygens (including phenoxy) is 1. The van der Waals surface area contributed by atoms with E-state index in [1.165, 1.54) is 5.56 Å². The Labute approximate surface area is 98.2 Å². The number of hydrogen-bond acceptors (Lipinski definition) is 3. The van der Waals surface area contributed by atoms with Crippen LogP contribution < -0.4 is 5.32 Å². The molecule has 0 saturated heterocycles. The predicted molar refractivity (Wildman–Crippen MR) is 66.4 cm³/mol. The van der Waals surface area contributed by atoms with Gasteiger partial charge in [0.1, 0.15) is 0 Å². The third kappa shape index (κ3) is 4.73. The largest absolute Gasteiger partial charge is 0.383 e. The van der Waals surface area contributed by atoms with Crippen LogP contribution in [0.1, 0.15) is 19.4 Å². The van der Waals surface area contributed by atoms with E-state index >= 15 is 0 Å². The smallest absolute Gasteiger partial charge is 0.0618 e. The summed E-state index contributed by atoms with van der Waals surface area (Å²) in [4.78, 5) is 4.01. The molecule has 3 heteroatoms. The van der Waals surface area contributed by atoms with Crippen LogP contribution in [0.25, 0.3) is 0 Å². The highest BCUT2D eigenvalue weighted by atomic mass is 16.5. The van der Waals surface area contributed by atoms with Gasteiger partial charge in [-0.3, -0.25) is 4.98 Å². The van der Waals surface area contributed by atoms with Crippen LogP contribution in [0.4, 0.5) is 0 Å². The summed E-state index contributed by atoms with van der Waals surface area (Å²) in [6, 6.07) is 4.55. The quantitative estimate of drug-likeness (QED) is 0.765. The third-order valence-corrected chi connectivity index (χ3v) is 2.72. The summed E-state index contributed by atoms with van der Waals surface area (Å²) < 4.78 is 5.20. The summed E-state index contributed by atoms with van der Waals surface area (Å²) in [6.45, 7) is 6.18. The Morgan fingerprint density at radius 3 is 2.56 bits per heavy atom. The van der Waals surface area contributed by atoms with Gasteiger partial charge < -0.3 is 10.1 Å². The fourth-order valence-electron chi connectivity index (χ4n) is 1.62. The lowest BCUT2D eigenvalue weighted by Gasteiger charge is -2.21. The summed E-state index contributed by atoms with van der Waals surface area (Å²) in [5, 5.41) is 3.52. The lowest BCUT2D eigenvalue weighted by atomic mass is 10.1. The molecule has 3 nitrogen and oxygen atoms in total. The summed E-state index contributed by atoms with van der Waals surface area (Å²) in [5.74, 6) is 0.595. The molecule has 0 amide bonds. The summed E-state index contributed by atoms with van der Waals surface area (Å²) >= 11 is 0. The van der Waals surface area contributed by atoms with Crippen LogP contribution >= 0.6 is 0 Å². The molecule has 0 aliphatic rings. The second kappa shape index (κ2) is 7.36. The molecule has 1 aromatic heterocycles. The Bertz CT molecular complexity index is 275. The van der Waals surface area contributed by atoms with Gasteiger partial charge in [0.25, 0.3) is 0 Å². The second-order valence-electron chi connectivity index (χ2n) is 4.37. The molecule has 90 valence electrons. The topological polar surface area (TPSA) is 34.1 Å². The normalized spacial score (nSPS) is 13.0. The highest BCUT2D eigenvalue weighted by Crippen LogP contribution is 2.02. The van der Waals surface area contributed by atoms with Crippen molar-refractivity contribution >= 4 is 0 Å². The zero-order valence-corrected chi connectivity index (χ0v) is 10.4. The molecule has 0 radical (unpaired) electrons. The molecule has 1 atom stereocenters. The van der Waals surface area contributed by atoms with Crippen molar-refractivity contribution in [3.05, 3.63) is 30.1 Å². The molecular weight excluding hydrogens is 200 g/mol. The number of pyridine rings is 1. The number of aromatic nitrogens is 1. The van der Waals surface area contributed by atoms with Crippen LogP contribution in [-0.4, -0.2) is 31.3 Å². The van der Waals surface area contributed by atoms with Gasteiger partial charge in [0.05, 0.1) is 6.61 Å². The first-order valence-corrected chi connectivity index (χ1v) is 5.85. The Morgan fingerprint density at radius 2 is 2.00 bits per heavy atom. The van der Waals surface area contributed by atoms with Gasteiger partial charge in [-0.15, -0.1) is 0 Å². The van der Waals surface area contributed by atoms with Crippen LogP contribution in [0.2, 0.25) is 0 Å². The fourth-order valence-corrected chi connectivity index (χ4v) is 1.62. The molecule has 0 aromatic carbocycles. The van der Waals surface area contributed by atoms with Crippen molar-refractivity contribution in [2.24, 2.45) is 5.92 Å². The first-order valence-electron chi connectivity index (χ1n) is 5.85. The van der Waals surface area contributed by atoms with Crippen molar-refractivity contribution in [1.29, 1.82) is 0 Å². The van der Waals surface area contributed by atoms with E-state index in [1.807, 2.05) is 12.4 Å². The maximum Gasteiger partial charge on any atom is 0.0618 e. The van der Waals surface area contributed by atoms with E-state index in [2.05, 4.69) is 36.3 Å². The van der Waals surface area contributed by atoms with Crippen LogP contribution in [-0.2, 0) is 11.2 Å². The monoisotopic (exact) mass is 222 g/mol. The molecule has 1 unspecified atom stereocenters. The summed E-state index contributed by atoms with van der Waals surface area (Å²) in [7, 11) is 1.75. The lowest BCUT2D eigenvalue weighted by molar-refractivity contribution is 0.147. The molecule has 0 bridgehead atoms. The van der Waals surface area contributed by atoms with Crippen molar-refractivity contribution < 1.29 is 4.74 Å². The van der Waals surface area contributed by atoms with E-state index in [9.17, 15) is 0 Å². The predicted octanol–water partition coefficient (Wildman–Crippen LogP) is 1.88. The van der Waals surface area contributed by atoms with Crippen LogP contribution in [0, 0.1) is 5.92 Å². The van der Waals surface area contributed by atoms with E-state index < -0.39 is 0 Å². The van der Waals surface area contributed by atoms with Crippen molar-refractivity contribution in [3.8, 4) is 0 Å². The number of nitrogens with one attached hydrogen (secondary N) is 1. The van der Waals surface area contributed by atoms with Gasteiger partial charge in [-0.2, -0.15) is 0 Å². The second-order valence-corrected chi connectivity index (χ2v) is 4.37. The highest BCUT2D eigenvalue weighted by Gasteiger charge is 2.11. The van der Waals surface area contributed by atoms with E-state index in [-0.39, 0.29) is 0 Å². The fraction of sp³-hybridized carbons (Fsp3) is 0.615. The summed E-state index contributed by atoms with van der Waals surface area (Å²) in [6.07, 6.45) is 4.71. The van der Waals surface area contributed by atoms with Gasteiger partial charge in [0.15, 0.2) is 0 Å². The molecule has 0 spiro atoms. The molecule has 1 heterocycles. The molecule has 1 aromatic rings. The van der Waals surface area contributed by atoms with Gasteiger partial charge in [-0.1, -0.05) is 13.8 Å². The molecule has 1 N–H and O–H groups in total. The highest BCUT2D eigenvalue weighted by molar-refractivity contribution is 5.09. The first-order chi connectivity index (χ1) is 7.74. The average molecular weight is 222 g/mol. The SMILES string of the molecule is COCC(NCCc1ccncc1)C(C)C. The number of nitrogens with zero attached hydrogens (tertiary/aromatic N) is 1. The standard InChI is InChI=1S/C13H22N2O/c1-11(2)13(10-16-3)15-9-6-12-4-7-14-8-5-12/h4-5,7-8,11,13,15H,6,9-10H2,1-3H3. The molecule has 1 rings (SSSR count). The van der Waals surface area contributed by atoms with Gasteiger partial charge in [0, 0.05) is 25.5 Å². The first kappa shape index (κ1) is 13.1. The van der Waals surface area contributed by atoms with Crippen molar-refractivity contribution in [2.75, 3.05) is 20.3 Å². The molecule has 16 heavy (non-hydrogen) atoms. The summed E-state index contributed by atoms with van der Waals surface area (Å²) in [5.41, 5.74) is 1.32. The minimum absolute atomic E-state index is 0.437. The van der Waals surface area contributed by atoms with Crippen LogP contribution in [0.5, 0.6) is 0 Å². The Morgan fingerprint density at radius 1 is 1.31 bits per heavy atom. The Hall–Kier alpha value is -0.930. The molecule has 0 saturated carbocycles.